The van der Waals surface area contributed by atoms with Crippen LogP contribution in [0, 0.1) is 16.2 Å². The predicted octanol–water partition coefficient (Wildman–Crippen LogP) is 2.00. The van der Waals surface area contributed by atoms with Crippen LogP contribution < -0.4 is 0 Å². The third kappa shape index (κ3) is 5.39. The van der Waals surface area contributed by atoms with E-state index in [0.717, 1.165) is 13.0 Å². The molecule has 0 amide bonds. The van der Waals surface area contributed by atoms with Crippen molar-refractivity contribution in [3.63, 3.8) is 0 Å². The van der Waals surface area contributed by atoms with Gasteiger partial charge in [-0.2, -0.15) is 5.10 Å². The normalized spacial score (nSPS) is 37.4. The van der Waals surface area contributed by atoms with E-state index in [4.69, 9.17) is 24.8 Å². The number of aromatic nitrogens is 2. The Balaban J connectivity index is 0.000000552. The highest BCUT2D eigenvalue weighted by molar-refractivity contribution is 5.16. The van der Waals surface area contributed by atoms with Crippen molar-refractivity contribution in [2.24, 2.45) is 16.2 Å². The van der Waals surface area contributed by atoms with Gasteiger partial charge in [-0.15, -0.1) is 0 Å². The fourth-order valence-corrected chi connectivity index (χ4v) is 7.37. The largest absolute Gasteiger partial charge is 0.394 e. The maximum absolute atomic E-state index is 8.85. The first-order valence-corrected chi connectivity index (χ1v) is 10.8. The molecular weight excluding hydrogens is 372 g/mol. The van der Waals surface area contributed by atoms with Crippen molar-refractivity contribution < 1.29 is 24.8 Å². The number of rotatable bonds is 9. The zero-order valence-electron chi connectivity index (χ0n) is 18.0. The smallest absolute Gasteiger partial charge is 0.0708 e. The van der Waals surface area contributed by atoms with Crippen LogP contribution >= 0.6 is 0 Å². The maximum atomic E-state index is 8.85. The molecule has 0 aromatic carbocycles. The lowest BCUT2D eigenvalue weighted by atomic mass is 9.39. The monoisotopic (exact) mass is 410 g/mol. The van der Waals surface area contributed by atoms with Crippen LogP contribution in [0.1, 0.15) is 52.4 Å². The van der Waals surface area contributed by atoms with Gasteiger partial charge in [0.1, 0.15) is 0 Å². The highest BCUT2D eigenvalue weighted by atomic mass is 16.5. The standard InChI is InChI=1S/C20H32N2O3.C2H6O2/c1-17-10-18(2)12-19(11-17,16-22-5-3-4-21-22)15-20(13-17,14-18)25-9-8-24-7-6-23;3-1-2-4/h3-5,23H,6-16H2,1-2H3;3-4H,1-2H2. The summed E-state index contributed by atoms with van der Waals surface area (Å²) in [6.45, 7) is 7.38. The molecule has 4 fully saturated rings. The Morgan fingerprint density at radius 3 is 2.10 bits per heavy atom. The highest BCUT2D eigenvalue weighted by Gasteiger charge is 2.66. The van der Waals surface area contributed by atoms with E-state index in [-0.39, 0.29) is 25.4 Å². The second-order valence-electron chi connectivity index (χ2n) is 10.2. The number of hydrogen-bond acceptors (Lipinski definition) is 6. The minimum absolute atomic E-state index is 0.00597. The van der Waals surface area contributed by atoms with Crippen LogP contribution in [0.3, 0.4) is 0 Å². The SMILES string of the molecule is CC12CC3(C)CC(Cn4cccn4)(C1)CC(OCCOCCO)(C2)C3.OCCO. The molecule has 4 aliphatic rings. The summed E-state index contributed by atoms with van der Waals surface area (Å²) in [6.07, 6.45) is 11.4. The zero-order valence-corrected chi connectivity index (χ0v) is 18.0. The molecule has 1 aromatic rings. The van der Waals surface area contributed by atoms with E-state index < -0.39 is 0 Å². The van der Waals surface area contributed by atoms with E-state index in [0.29, 0.717) is 36.1 Å². The summed E-state index contributed by atoms with van der Waals surface area (Å²) in [6, 6.07) is 2.02. The summed E-state index contributed by atoms with van der Waals surface area (Å²) < 4.78 is 14.1. The Kier molecular flexibility index (Phi) is 7.06. The molecule has 4 saturated carbocycles. The second-order valence-corrected chi connectivity index (χ2v) is 10.2. The van der Waals surface area contributed by atoms with Gasteiger partial charge in [0.25, 0.3) is 0 Å². The van der Waals surface area contributed by atoms with Gasteiger partial charge in [-0.25, -0.2) is 0 Å². The Morgan fingerprint density at radius 1 is 0.862 bits per heavy atom. The molecule has 3 N–H and O–H groups in total. The number of hydrogen-bond donors (Lipinski definition) is 3. The summed E-state index contributed by atoms with van der Waals surface area (Å²) in [5.41, 5.74) is 1.05. The maximum Gasteiger partial charge on any atom is 0.0708 e. The first-order chi connectivity index (χ1) is 13.8. The summed E-state index contributed by atoms with van der Waals surface area (Å²) in [7, 11) is 0. The van der Waals surface area contributed by atoms with Crippen molar-refractivity contribution in [1.29, 1.82) is 0 Å². The summed E-state index contributed by atoms with van der Waals surface area (Å²) in [5.74, 6) is 0. The van der Waals surface area contributed by atoms with Gasteiger partial charge in [0.15, 0.2) is 0 Å². The van der Waals surface area contributed by atoms with Gasteiger partial charge >= 0.3 is 0 Å². The van der Waals surface area contributed by atoms with E-state index in [1.807, 2.05) is 12.3 Å². The van der Waals surface area contributed by atoms with Gasteiger partial charge in [0.05, 0.1) is 45.2 Å². The average Bonchev–Trinajstić information content (AvgIpc) is 3.11. The van der Waals surface area contributed by atoms with Crippen molar-refractivity contribution in [1.82, 2.24) is 9.78 Å². The van der Waals surface area contributed by atoms with Crippen LogP contribution in [0.4, 0.5) is 0 Å². The third-order valence-electron chi connectivity index (χ3n) is 6.68. The molecule has 1 aromatic heterocycles. The van der Waals surface area contributed by atoms with Crippen LogP contribution in [-0.4, -0.2) is 70.3 Å². The van der Waals surface area contributed by atoms with Gasteiger partial charge in [-0.05, 0) is 60.8 Å². The lowest BCUT2D eigenvalue weighted by Gasteiger charge is -2.69. The Hall–Kier alpha value is -0.990. The first kappa shape index (κ1) is 22.7. The molecule has 0 aliphatic heterocycles. The molecule has 2 unspecified atom stereocenters. The summed E-state index contributed by atoms with van der Waals surface area (Å²) >= 11 is 0. The van der Waals surface area contributed by atoms with Gasteiger partial charge in [-0.1, -0.05) is 13.8 Å². The minimum Gasteiger partial charge on any atom is -0.394 e. The molecule has 5 rings (SSSR count). The lowest BCUT2D eigenvalue weighted by Crippen LogP contribution is -2.64. The van der Waals surface area contributed by atoms with Crippen molar-refractivity contribution >= 4 is 0 Å². The summed E-state index contributed by atoms with van der Waals surface area (Å²) in [4.78, 5) is 0. The molecule has 4 bridgehead atoms. The molecule has 0 radical (unpaired) electrons. The number of aliphatic hydroxyl groups is 3. The molecular formula is C22H38N2O5. The van der Waals surface area contributed by atoms with E-state index in [1.54, 1.807) is 0 Å². The molecule has 166 valence electrons. The molecule has 2 atom stereocenters. The highest BCUT2D eigenvalue weighted by Crippen LogP contribution is 2.71. The van der Waals surface area contributed by atoms with E-state index in [1.165, 1.54) is 32.1 Å². The van der Waals surface area contributed by atoms with Crippen LogP contribution in [0.5, 0.6) is 0 Å². The topological polar surface area (TPSA) is 97.0 Å². The number of aliphatic hydroxyl groups excluding tert-OH is 3. The van der Waals surface area contributed by atoms with Crippen LogP contribution in [-0.2, 0) is 16.0 Å². The van der Waals surface area contributed by atoms with Gasteiger partial charge in [0, 0.05) is 18.9 Å². The zero-order chi connectivity index (χ0) is 21.0. The van der Waals surface area contributed by atoms with E-state index >= 15 is 0 Å². The molecule has 0 saturated heterocycles. The van der Waals surface area contributed by atoms with Crippen molar-refractivity contribution in [2.75, 3.05) is 39.6 Å². The second kappa shape index (κ2) is 9.02. The van der Waals surface area contributed by atoms with Crippen molar-refractivity contribution in [3.05, 3.63) is 18.5 Å². The lowest BCUT2D eigenvalue weighted by molar-refractivity contribution is -0.250. The van der Waals surface area contributed by atoms with E-state index in [2.05, 4.69) is 29.8 Å². The molecule has 0 spiro atoms. The molecule has 7 nitrogen and oxygen atoms in total. The fourth-order valence-electron chi connectivity index (χ4n) is 7.37. The number of ether oxygens (including phenoxy) is 2. The molecule has 29 heavy (non-hydrogen) atoms. The van der Waals surface area contributed by atoms with Crippen molar-refractivity contribution in [3.8, 4) is 0 Å². The first-order valence-electron chi connectivity index (χ1n) is 10.8. The Bertz CT molecular complexity index is 615. The van der Waals surface area contributed by atoms with E-state index in [9.17, 15) is 0 Å². The van der Waals surface area contributed by atoms with Gasteiger partial charge in [-0.3, -0.25) is 4.68 Å². The Labute approximate surface area is 174 Å². The predicted molar refractivity (Wildman–Crippen MR) is 109 cm³/mol. The fraction of sp³-hybridized carbons (Fsp3) is 0.864. The van der Waals surface area contributed by atoms with Crippen LogP contribution in [0.25, 0.3) is 0 Å². The van der Waals surface area contributed by atoms with Crippen molar-refractivity contribution in [2.45, 2.75) is 64.5 Å². The molecule has 7 heteroatoms. The van der Waals surface area contributed by atoms with Gasteiger partial charge in [0.2, 0.25) is 0 Å². The average molecular weight is 411 g/mol. The summed E-state index contributed by atoms with van der Waals surface area (Å²) in [5, 5.41) is 28.6. The molecule has 1 heterocycles. The number of nitrogens with zero attached hydrogens (tertiary/aromatic N) is 2. The minimum atomic E-state index is -0.125. The van der Waals surface area contributed by atoms with Gasteiger partial charge < -0.3 is 24.8 Å². The third-order valence-corrected chi connectivity index (χ3v) is 6.68. The Morgan fingerprint density at radius 2 is 1.55 bits per heavy atom. The molecule has 4 aliphatic carbocycles. The van der Waals surface area contributed by atoms with Crippen LogP contribution in [0.15, 0.2) is 18.5 Å². The van der Waals surface area contributed by atoms with Crippen LogP contribution in [0.2, 0.25) is 0 Å². The quantitative estimate of drug-likeness (QED) is 0.539.